The van der Waals surface area contributed by atoms with E-state index in [9.17, 15) is 9.90 Å². The molecule has 0 aromatic carbocycles. The van der Waals surface area contributed by atoms with E-state index in [0.717, 1.165) is 6.42 Å². The van der Waals surface area contributed by atoms with Crippen LogP contribution in [0.5, 0.6) is 0 Å². The fraction of sp³-hybridized carbons (Fsp3) is 0.938. The molecule has 19 heavy (non-hydrogen) atoms. The summed E-state index contributed by atoms with van der Waals surface area (Å²) < 4.78 is 0. The van der Waals surface area contributed by atoms with Crippen LogP contribution in [0.2, 0.25) is 0 Å². The molecule has 2 N–H and O–H groups in total. The molecule has 0 heterocycles. The van der Waals surface area contributed by atoms with Crippen molar-refractivity contribution >= 4 is 6.09 Å². The first-order valence-electron chi connectivity index (χ1n) is 8.20. The molecule has 0 bridgehead atoms. The van der Waals surface area contributed by atoms with E-state index < -0.39 is 6.09 Å². The first kappa shape index (κ1) is 14.7. The molecule has 2 rings (SSSR count). The highest BCUT2D eigenvalue weighted by Crippen LogP contribution is 2.44. The standard InChI is InChI=1S/C16H29NO2/c1-2-16(17-15(18)19,13-9-5-3-6-10-13)14-11-7-4-8-12-14/h13-14,17H,2-12H2,1H3,(H,18,19). The summed E-state index contributed by atoms with van der Waals surface area (Å²) in [6.07, 6.45) is 12.8. The number of carbonyl (C=O) groups is 1. The van der Waals surface area contributed by atoms with E-state index in [4.69, 9.17) is 0 Å². The third-order valence-electron chi connectivity index (χ3n) is 5.59. The van der Waals surface area contributed by atoms with Crippen LogP contribution >= 0.6 is 0 Å². The summed E-state index contributed by atoms with van der Waals surface area (Å²) in [6, 6.07) is 0. The third-order valence-corrected chi connectivity index (χ3v) is 5.59. The second-order valence-corrected chi connectivity index (χ2v) is 6.49. The van der Waals surface area contributed by atoms with Gasteiger partial charge in [0.25, 0.3) is 0 Å². The van der Waals surface area contributed by atoms with Crippen molar-refractivity contribution in [2.24, 2.45) is 11.8 Å². The van der Waals surface area contributed by atoms with Crippen molar-refractivity contribution in [3.63, 3.8) is 0 Å². The van der Waals surface area contributed by atoms with Gasteiger partial charge in [-0.1, -0.05) is 45.4 Å². The summed E-state index contributed by atoms with van der Waals surface area (Å²) >= 11 is 0. The zero-order valence-corrected chi connectivity index (χ0v) is 12.3. The molecule has 0 unspecified atom stereocenters. The molecule has 2 aliphatic carbocycles. The topological polar surface area (TPSA) is 49.3 Å². The van der Waals surface area contributed by atoms with Crippen molar-refractivity contribution in [1.29, 1.82) is 0 Å². The lowest BCUT2D eigenvalue weighted by atomic mass is 9.63. The molecule has 2 aliphatic rings. The maximum atomic E-state index is 11.3. The molecule has 3 heteroatoms. The second kappa shape index (κ2) is 6.62. The van der Waals surface area contributed by atoms with Crippen molar-refractivity contribution in [2.75, 3.05) is 0 Å². The van der Waals surface area contributed by atoms with Crippen molar-refractivity contribution in [3.05, 3.63) is 0 Å². The number of hydrogen-bond acceptors (Lipinski definition) is 1. The Hall–Kier alpha value is -0.730. The molecular weight excluding hydrogens is 238 g/mol. The SMILES string of the molecule is CCC(NC(=O)O)(C1CCCCC1)C1CCCCC1. The number of hydrogen-bond donors (Lipinski definition) is 2. The van der Waals surface area contributed by atoms with E-state index >= 15 is 0 Å². The fourth-order valence-corrected chi connectivity index (χ4v) is 4.64. The van der Waals surface area contributed by atoms with Crippen LogP contribution in [0, 0.1) is 11.8 Å². The Bertz CT molecular complexity index is 273. The molecular formula is C16H29NO2. The van der Waals surface area contributed by atoms with E-state index in [0.29, 0.717) is 11.8 Å². The number of carboxylic acid groups (broad SMARTS) is 1. The van der Waals surface area contributed by atoms with Crippen LogP contribution in [-0.2, 0) is 0 Å². The third kappa shape index (κ3) is 3.24. The number of nitrogens with one attached hydrogen (secondary N) is 1. The van der Waals surface area contributed by atoms with E-state index in [1.165, 1.54) is 64.2 Å². The lowest BCUT2D eigenvalue weighted by Gasteiger charge is -2.49. The smallest absolute Gasteiger partial charge is 0.405 e. The van der Waals surface area contributed by atoms with E-state index in [1.807, 2.05) is 0 Å². The molecule has 2 fully saturated rings. The lowest BCUT2D eigenvalue weighted by Crippen LogP contribution is -2.58. The van der Waals surface area contributed by atoms with Crippen LogP contribution in [0.1, 0.15) is 77.6 Å². The average Bonchev–Trinajstić information content (AvgIpc) is 2.46. The minimum Gasteiger partial charge on any atom is -0.465 e. The zero-order chi connectivity index (χ0) is 13.7. The van der Waals surface area contributed by atoms with Gasteiger partial charge in [0.1, 0.15) is 0 Å². The van der Waals surface area contributed by atoms with Crippen molar-refractivity contribution < 1.29 is 9.90 Å². The van der Waals surface area contributed by atoms with Gasteiger partial charge in [-0.25, -0.2) is 4.79 Å². The molecule has 0 atom stereocenters. The Morgan fingerprint density at radius 3 is 1.74 bits per heavy atom. The van der Waals surface area contributed by atoms with Gasteiger partial charge in [-0.15, -0.1) is 0 Å². The van der Waals surface area contributed by atoms with Gasteiger partial charge in [0.15, 0.2) is 0 Å². The zero-order valence-electron chi connectivity index (χ0n) is 12.3. The van der Waals surface area contributed by atoms with Crippen LogP contribution < -0.4 is 5.32 Å². The Morgan fingerprint density at radius 1 is 1.00 bits per heavy atom. The van der Waals surface area contributed by atoms with Gasteiger partial charge in [0.2, 0.25) is 0 Å². The van der Waals surface area contributed by atoms with Gasteiger partial charge in [-0.05, 0) is 43.9 Å². The Morgan fingerprint density at radius 2 is 1.42 bits per heavy atom. The summed E-state index contributed by atoms with van der Waals surface area (Å²) in [5.74, 6) is 1.12. The van der Waals surface area contributed by atoms with Crippen molar-refractivity contribution in [2.45, 2.75) is 83.1 Å². The van der Waals surface area contributed by atoms with Crippen LogP contribution in [0.4, 0.5) is 4.79 Å². The van der Waals surface area contributed by atoms with E-state index in [1.54, 1.807) is 0 Å². The highest BCUT2D eigenvalue weighted by atomic mass is 16.4. The molecule has 0 spiro atoms. The van der Waals surface area contributed by atoms with Gasteiger partial charge < -0.3 is 10.4 Å². The second-order valence-electron chi connectivity index (χ2n) is 6.49. The van der Waals surface area contributed by atoms with Gasteiger partial charge in [-0.3, -0.25) is 0 Å². The van der Waals surface area contributed by atoms with Crippen LogP contribution in [0.25, 0.3) is 0 Å². The van der Waals surface area contributed by atoms with Crippen molar-refractivity contribution in [1.82, 2.24) is 5.32 Å². The fourth-order valence-electron chi connectivity index (χ4n) is 4.64. The first-order chi connectivity index (χ1) is 9.19. The molecule has 110 valence electrons. The first-order valence-corrected chi connectivity index (χ1v) is 8.20. The minimum absolute atomic E-state index is 0.146. The summed E-state index contributed by atoms with van der Waals surface area (Å²) in [4.78, 5) is 11.3. The summed E-state index contributed by atoms with van der Waals surface area (Å²) in [5.41, 5.74) is -0.146. The largest absolute Gasteiger partial charge is 0.465 e. The van der Waals surface area contributed by atoms with Crippen LogP contribution in [-0.4, -0.2) is 16.7 Å². The Balaban J connectivity index is 2.19. The number of amides is 1. The maximum Gasteiger partial charge on any atom is 0.405 e. The highest BCUT2D eigenvalue weighted by Gasteiger charge is 2.45. The highest BCUT2D eigenvalue weighted by molar-refractivity contribution is 5.65. The predicted octanol–water partition coefficient (Wildman–Crippen LogP) is 4.56. The van der Waals surface area contributed by atoms with Gasteiger partial charge >= 0.3 is 6.09 Å². The molecule has 0 aliphatic heterocycles. The lowest BCUT2D eigenvalue weighted by molar-refractivity contribution is 0.0627. The summed E-state index contributed by atoms with van der Waals surface area (Å²) in [6.45, 7) is 2.18. The molecule has 0 radical (unpaired) electrons. The molecule has 0 saturated heterocycles. The monoisotopic (exact) mass is 267 g/mol. The summed E-state index contributed by atoms with van der Waals surface area (Å²) in [7, 11) is 0. The van der Waals surface area contributed by atoms with E-state index in [-0.39, 0.29) is 5.54 Å². The average molecular weight is 267 g/mol. The van der Waals surface area contributed by atoms with Gasteiger partial charge in [0, 0.05) is 5.54 Å². The van der Waals surface area contributed by atoms with Crippen LogP contribution in [0.15, 0.2) is 0 Å². The quantitative estimate of drug-likeness (QED) is 0.784. The molecule has 2 saturated carbocycles. The molecule has 3 nitrogen and oxygen atoms in total. The molecule has 0 aromatic heterocycles. The van der Waals surface area contributed by atoms with Crippen LogP contribution in [0.3, 0.4) is 0 Å². The Labute approximate surface area is 117 Å². The minimum atomic E-state index is -0.821. The Kier molecular flexibility index (Phi) is 5.12. The van der Waals surface area contributed by atoms with Gasteiger partial charge in [0.05, 0.1) is 0 Å². The summed E-state index contributed by atoms with van der Waals surface area (Å²) in [5, 5.41) is 12.3. The maximum absolute atomic E-state index is 11.3. The van der Waals surface area contributed by atoms with E-state index in [2.05, 4.69) is 12.2 Å². The van der Waals surface area contributed by atoms with Crippen molar-refractivity contribution in [3.8, 4) is 0 Å². The predicted molar refractivity (Wildman–Crippen MR) is 77.3 cm³/mol. The molecule has 1 amide bonds. The normalized spacial score (nSPS) is 23.2. The molecule has 0 aromatic rings. The van der Waals surface area contributed by atoms with Gasteiger partial charge in [-0.2, -0.15) is 0 Å². The number of rotatable bonds is 4.